The van der Waals surface area contributed by atoms with E-state index in [1.807, 2.05) is 6.07 Å². The van der Waals surface area contributed by atoms with Crippen LogP contribution in [0.3, 0.4) is 0 Å². The highest BCUT2D eigenvalue weighted by atomic mass is 79.9. The van der Waals surface area contributed by atoms with Crippen molar-refractivity contribution in [2.45, 2.75) is 6.92 Å². The standard InChI is InChI=1S/C18H14BrClN2O3/c1-10-14(20)4-3-5-15(10)22-18(24)12(9-21)6-11-7-17(25-2)16(23)8-13(11)19/h3-8,23H,1-2H3,(H,22,24)/b12-6+. The van der Waals surface area contributed by atoms with E-state index >= 15 is 0 Å². The summed E-state index contributed by atoms with van der Waals surface area (Å²) in [4.78, 5) is 12.4. The molecule has 0 saturated heterocycles. The Bertz CT molecular complexity index is 904. The van der Waals surface area contributed by atoms with E-state index in [4.69, 9.17) is 16.3 Å². The van der Waals surface area contributed by atoms with Crippen molar-refractivity contribution in [3.63, 3.8) is 0 Å². The average Bonchev–Trinajstić information content (AvgIpc) is 2.58. The summed E-state index contributed by atoms with van der Waals surface area (Å²) in [6.07, 6.45) is 1.40. The van der Waals surface area contributed by atoms with E-state index < -0.39 is 5.91 Å². The second kappa shape index (κ2) is 8.06. The molecule has 0 fully saturated rings. The fourth-order valence-electron chi connectivity index (χ4n) is 2.07. The zero-order valence-corrected chi connectivity index (χ0v) is 15.8. The molecule has 1 amide bonds. The minimum absolute atomic E-state index is 0.0518. The summed E-state index contributed by atoms with van der Waals surface area (Å²) < 4.78 is 5.56. The smallest absolute Gasteiger partial charge is 0.266 e. The molecule has 0 unspecified atom stereocenters. The summed E-state index contributed by atoms with van der Waals surface area (Å²) >= 11 is 9.32. The van der Waals surface area contributed by atoms with Gasteiger partial charge in [-0.3, -0.25) is 4.79 Å². The topological polar surface area (TPSA) is 82.3 Å². The zero-order valence-electron chi connectivity index (χ0n) is 13.4. The summed E-state index contributed by atoms with van der Waals surface area (Å²) in [6.45, 7) is 1.77. The minimum Gasteiger partial charge on any atom is -0.504 e. The van der Waals surface area contributed by atoms with E-state index in [9.17, 15) is 15.2 Å². The Balaban J connectivity index is 2.36. The number of benzene rings is 2. The fraction of sp³-hybridized carbons (Fsp3) is 0.111. The Morgan fingerprint density at radius 2 is 2.16 bits per heavy atom. The highest BCUT2D eigenvalue weighted by Crippen LogP contribution is 2.33. The van der Waals surface area contributed by atoms with Crippen molar-refractivity contribution in [2.75, 3.05) is 12.4 Å². The Morgan fingerprint density at radius 3 is 2.80 bits per heavy atom. The molecule has 0 aliphatic heterocycles. The lowest BCUT2D eigenvalue weighted by Crippen LogP contribution is -2.14. The molecule has 0 heterocycles. The summed E-state index contributed by atoms with van der Waals surface area (Å²) in [7, 11) is 1.41. The number of amides is 1. The molecule has 128 valence electrons. The van der Waals surface area contributed by atoms with E-state index in [1.54, 1.807) is 25.1 Å². The number of carbonyl (C=O) groups excluding carboxylic acids is 1. The van der Waals surface area contributed by atoms with Crippen LogP contribution in [-0.4, -0.2) is 18.1 Å². The molecule has 7 heteroatoms. The molecule has 0 aromatic heterocycles. The molecule has 2 aromatic rings. The predicted octanol–water partition coefficient (Wildman–Crippen LogP) is 4.67. The molecular formula is C18H14BrClN2O3. The third-order valence-corrected chi connectivity index (χ3v) is 4.58. The fourth-order valence-corrected chi connectivity index (χ4v) is 2.69. The number of rotatable bonds is 4. The number of phenols is 1. The zero-order chi connectivity index (χ0) is 18.6. The van der Waals surface area contributed by atoms with Crippen molar-refractivity contribution < 1.29 is 14.6 Å². The van der Waals surface area contributed by atoms with Crippen LogP contribution < -0.4 is 10.1 Å². The van der Waals surface area contributed by atoms with Gasteiger partial charge in [-0.15, -0.1) is 0 Å². The number of carbonyl (C=O) groups is 1. The number of nitriles is 1. The predicted molar refractivity (Wildman–Crippen MR) is 101 cm³/mol. The van der Waals surface area contributed by atoms with Gasteiger partial charge in [-0.25, -0.2) is 0 Å². The quantitative estimate of drug-likeness (QED) is 0.555. The second-order valence-corrected chi connectivity index (χ2v) is 6.34. The summed E-state index contributed by atoms with van der Waals surface area (Å²) in [5.74, 6) is -0.381. The molecule has 0 spiro atoms. The van der Waals surface area contributed by atoms with Crippen LogP contribution in [0.25, 0.3) is 6.08 Å². The number of hydrogen-bond acceptors (Lipinski definition) is 4. The van der Waals surface area contributed by atoms with Crippen molar-refractivity contribution in [3.8, 4) is 17.6 Å². The molecule has 25 heavy (non-hydrogen) atoms. The van der Waals surface area contributed by atoms with Crippen LogP contribution in [0.2, 0.25) is 5.02 Å². The molecular weight excluding hydrogens is 408 g/mol. The molecule has 5 nitrogen and oxygen atoms in total. The average molecular weight is 422 g/mol. The number of nitrogens with one attached hydrogen (secondary N) is 1. The number of phenolic OH excluding ortho intramolecular Hbond substituents is 1. The first-order valence-corrected chi connectivity index (χ1v) is 8.29. The lowest BCUT2D eigenvalue weighted by atomic mass is 10.1. The number of nitrogens with zero attached hydrogens (tertiary/aromatic N) is 1. The lowest BCUT2D eigenvalue weighted by Gasteiger charge is -2.10. The number of hydrogen-bond donors (Lipinski definition) is 2. The molecule has 2 N–H and O–H groups in total. The number of ether oxygens (including phenoxy) is 1. The van der Waals surface area contributed by atoms with E-state index in [2.05, 4.69) is 21.2 Å². The third kappa shape index (κ3) is 4.32. The van der Waals surface area contributed by atoms with Gasteiger partial charge in [-0.1, -0.05) is 33.6 Å². The van der Waals surface area contributed by atoms with Gasteiger partial charge in [0.25, 0.3) is 5.91 Å². The molecule has 2 aromatic carbocycles. The lowest BCUT2D eigenvalue weighted by molar-refractivity contribution is -0.112. The maximum absolute atomic E-state index is 12.4. The Hall–Kier alpha value is -2.49. The van der Waals surface area contributed by atoms with Crippen molar-refractivity contribution in [2.24, 2.45) is 0 Å². The van der Waals surface area contributed by atoms with E-state index in [0.29, 0.717) is 26.3 Å². The maximum Gasteiger partial charge on any atom is 0.266 e. The van der Waals surface area contributed by atoms with Crippen LogP contribution in [0.4, 0.5) is 5.69 Å². The van der Waals surface area contributed by atoms with Crippen molar-refractivity contribution in [1.82, 2.24) is 0 Å². The van der Waals surface area contributed by atoms with Crippen molar-refractivity contribution in [3.05, 3.63) is 56.5 Å². The Labute approximate surface area is 158 Å². The van der Waals surface area contributed by atoms with Gasteiger partial charge in [0.15, 0.2) is 11.5 Å². The number of methoxy groups -OCH3 is 1. The van der Waals surface area contributed by atoms with Crippen LogP contribution in [0.1, 0.15) is 11.1 Å². The van der Waals surface area contributed by atoms with Gasteiger partial charge in [-0.2, -0.15) is 5.26 Å². The molecule has 0 atom stereocenters. The van der Waals surface area contributed by atoms with Gasteiger partial charge in [0.05, 0.1) is 7.11 Å². The largest absolute Gasteiger partial charge is 0.504 e. The molecule has 0 saturated carbocycles. The monoisotopic (exact) mass is 420 g/mol. The first-order valence-electron chi connectivity index (χ1n) is 7.12. The van der Waals surface area contributed by atoms with Crippen LogP contribution in [0, 0.1) is 18.3 Å². The first kappa shape index (κ1) is 18.8. The van der Waals surface area contributed by atoms with Crippen molar-refractivity contribution >= 4 is 45.2 Å². The highest BCUT2D eigenvalue weighted by Gasteiger charge is 2.14. The number of halogens is 2. The summed E-state index contributed by atoms with van der Waals surface area (Å²) in [5.41, 5.74) is 1.65. The van der Waals surface area contributed by atoms with E-state index in [-0.39, 0.29) is 17.1 Å². The highest BCUT2D eigenvalue weighted by molar-refractivity contribution is 9.10. The van der Waals surface area contributed by atoms with Crippen molar-refractivity contribution in [1.29, 1.82) is 5.26 Å². The third-order valence-electron chi connectivity index (χ3n) is 3.48. The Morgan fingerprint density at radius 1 is 1.44 bits per heavy atom. The summed E-state index contributed by atoms with van der Waals surface area (Å²) in [6, 6.07) is 9.96. The number of aromatic hydroxyl groups is 1. The van der Waals surface area contributed by atoms with Gasteiger partial charge >= 0.3 is 0 Å². The van der Waals surface area contributed by atoms with Gasteiger partial charge in [-0.05, 0) is 48.4 Å². The van der Waals surface area contributed by atoms with Crippen LogP contribution >= 0.6 is 27.5 Å². The molecule has 0 aliphatic carbocycles. The molecule has 0 aliphatic rings. The first-order chi connectivity index (χ1) is 11.9. The number of anilines is 1. The van der Waals surface area contributed by atoms with Crippen LogP contribution in [0.5, 0.6) is 11.5 Å². The van der Waals surface area contributed by atoms with Gasteiger partial charge in [0.2, 0.25) is 0 Å². The normalized spacial score (nSPS) is 10.9. The van der Waals surface area contributed by atoms with Crippen LogP contribution in [-0.2, 0) is 4.79 Å². The van der Waals surface area contributed by atoms with Gasteiger partial charge in [0, 0.05) is 15.2 Å². The SMILES string of the molecule is COc1cc(/C=C(\C#N)C(=O)Nc2cccc(Cl)c2C)c(Br)cc1O. The van der Waals surface area contributed by atoms with E-state index in [0.717, 1.165) is 0 Å². The Kier molecular flexibility index (Phi) is 6.07. The minimum atomic E-state index is -0.563. The molecule has 0 radical (unpaired) electrons. The van der Waals surface area contributed by atoms with E-state index in [1.165, 1.54) is 25.3 Å². The molecule has 0 bridgehead atoms. The van der Waals surface area contributed by atoms with Gasteiger partial charge in [0.1, 0.15) is 11.6 Å². The van der Waals surface area contributed by atoms with Gasteiger partial charge < -0.3 is 15.2 Å². The molecule has 2 rings (SSSR count). The summed E-state index contributed by atoms with van der Waals surface area (Å²) in [5, 5.41) is 22.3. The second-order valence-electron chi connectivity index (χ2n) is 5.08. The van der Waals surface area contributed by atoms with Crippen LogP contribution in [0.15, 0.2) is 40.4 Å². The maximum atomic E-state index is 12.4.